The van der Waals surface area contributed by atoms with Gasteiger partial charge >= 0.3 is 0 Å². The number of nitrogens with one attached hydrogen (secondary N) is 2. The van der Waals surface area contributed by atoms with E-state index in [1.165, 1.54) is 30.7 Å². The minimum atomic E-state index is -1.05. The van der Waals surface area contributed by atoms with Crippen LogP contribution in [0.1, 0.15) is 40.0 Å². The molecule has 0 spiro atoms. The van der Waals surface area contributed by atoms with Crippen LogP contribution in [-0.2, 0) is 12.0 Å². The third-order valence-electron chi connectivity index (χ3n) is 5.95. The predicted octanol–water partition coefficient (Wildman–Crippen LogP) is 2.72. The fourth-order valence-corrected chi connectivity index (χ4v) is 3.97. The number of rotatable bonds is 9. The van der Waals surface area contributed by atoms with Gasteiger partial charge in [0.05, 0.1) is 12.1 Å². The SMILES string of the molecule is C#Cc1cccc(C2(NC[C@@H](O)[C@H](Cc3cc(F)cc(F)c3)NC(=O)c3ccncn3)CC2)c1. The third-order valence-corrected chi connectivity index (χ3v) is 5.95. The molecule has 0 radical (unpaired) electrons. The van der Waals surface area contributed by atoms with E-state index in [4.69, 9.17) is 6.42 Å². The van der Waals surface area contributed by atoms with Gasteiger partial charge in [0.2, 0.25) is 0 Å². The minimum Gasteiger partial charge on any atom is -0.390 e. The van der Waals surface area contributed by atoms with E-state index >= 15 is 0 Å². The zero-order valence-electron chi connectivity index (χ0n) is 18.3. The number of hydrogen-bond donors (Lipinski definition) is 3. The van der Waals surface area contributed by atoms with Gasteiger partial charge in [-0.05, 0) is 60.7 Å². The lowest BCUT2D eigenvalue weighted by Gasteiger charge is -2.27. The van der Waals surface area contributed by atoms with Crippen LogP contribution in [0.5, 0.6) is 0 Å². The molecule has 8 heteroatoms. The Hall–Kier alpha value is -3.67. The normalized spacial score (nSPS) is 15.7. The third kappa shape index (κ3) is 5.63. The van der Waals surface area contributed by atoms with Crippen LogP contribution in [0.25, 0.3) is 0 Å². The monoisotopic (exact) mass is 462 g/mol. The summed E-state index contributed by atoms with van der Waals surface area (Å²) < 4.78 is 27.5. The smallest absolute Gasteiger partial charge is 0.270 e. The maximum atomic E-state index is 13.7. The van der Waals surface area contributed by atoms with Crippen LogP contribution in [0, 0.1) is 24.0 Å². The van der Waals surface area contributed by atoms with Gasteiger partial charge in [0, 0.05) is 29.9 Å². The van der Waals surface area contributed by atoms with E-state index in [1.54, 1.807) is 0 Å². The molecule has 3 aromatic rings. The van der Waals surface area contributed by atoms with Gasteiger partial charge in [-0.15, -0.1) is 6.42 Å². The van der Waals surface area contributed by atoms with Gasteiger partial charge in [-0.2, -0.15) is 0 Å². The van der Waals surface area contributed by atoms with E-state index in [0.29, 0.717) is 5.56 Å². The van der Waals surface area contributed by atoms with Gasteiger partial charge < -0.3 is 15.7 Å². The largest absolute Gasteiger partial charge is 0.390 e. The lowest BCUT2D eigenvalue weighted by Crippen LogP contribution is -2.50. The second-order valence-corrected chi connectivity index (χ2v) is 8.41. The Morgan fingerprint density at radius 3 is 2.59 bits per heavy atom. The van der Waals surface area contributed by atoms with Crippen LogP contribution in [0.3, 0.4) is 0 Å². The summed E-state index contributed by atoms with van der Waals surface area (Å²) in [6, 6.07) is 11.4. The molecule has 34 heavy (non-hydrogen) atoms. The molecule has 2 atom stereocenters. The number of aliphatic hydroxyl groups excluding tert-OH is 1. The highest BCUT2D eigenvalue weighted by Crippen LogP contribution is 2.45. The van der Waals surface area contributed by atoms with Crippen molar-refractivity contribution < 1.29 is 18.7 Å². The molecule has 0 aliphatic heterocycles. The summed E-state index contributed by atoms with van der Waals surface area (Å²) in [6.45, 7) is 0.146. The van der Waals surface area contributed by atoms with Gasteiger partial charge in [-0.1, -0.05) is 18.1 Å². The summed E-state index contributed by atoms with van der Waals surface area (Å²) in [7, 11) is 0. The first-order valence-electron chi connectivity index (χ1n) is 10.9. The van der Waals surface area contributed by atoms with Crippen LogP contribution < -0.4 is 10.6 Å². The molecule has 1 aliphatic carbocycles. The lowest BCUT2D eigenvalue weighted by atomic mass is 9.98. The first-order valence-corrected chi connectivity index (χ1v) is 10.9. The van der Waals surface area contributed by atoms with E-state index in [2.05, 4.69) is 26.5 Å². The van der Waals surface area contributed by atoms with Crippen molar-refractivity contribution in [2.45, 2.75) is 36.9 Å². The highest BCUT2D eigenvalue weighted by atomic mass is 19.1. The van der Waals surface area contributed by atoms with E-state index < -0.39 is 29.7 Å². The lowest BCUT2D eigenvalue weighted by molar-refractivity contribution is 0.0817. The Labute approximate surface area is 196 Å². The molecule has 0 saturated heterocycles. The van der Waals surface area contributed by atoms with Crippen molar-refractivity contribution in [1.82, 2.24) is 20.6 Å². The predicted molar refractivity (Wildman–Crippen MR) is 123 cm³/mol. The molecule has 6 nitrogen and oxygen atoms in total. The first kappa shape index (κ1) is 23.5. The molecular formula is C26H24F2N4O2. The standard InChI is InChI=1S/C26H24F2N4O2/c1-2-17-4-3-5-19(10-17)26(7-8-26)31-15-24(33)23(13-18-11-20(27)14-21(28)12-18)32-25(34)22-6-9-29-16-30-22/h1,3-6,9-12,14,16,23-24,31,33H,7-8,13,15H2,(H,32,34)/t23-,24+/m0/s1. The number of terminal acetylenes is 1. The van der Waals surface area contributed by atoms with Crippen molar-refractivity contribution in [3.63, 3.8) is 0 Å². The van der Waals surface area contributed by atoms with Gasteiger partial charge in [-0.3, -0.25) is 4.79 Å². The molecule has 1 amide bonds. The number of benzene rings is 2. The van der Waals surface area contributed by atoms with Crippen LogP contribution in [-0.4, -0.2) is 39.7 Å². The Morgan fingerprint density at radius 1 is 1.18 bits per heavy atom. The van der Waals surface area contributed by atoms with Crippen LogP contribution in [0.2, 0.25) is 0 Å². The van der Waals surface area contributed by atoms with E-state index in [-0.39, 0.29) is 24.2 Å². The Bertz CT molecular complexity index is 1190. The van der Waals surface area contributed by atoms with Crippen LogP contribution in [0.15, 0.2) is 61.1 Å². The molecule has 174 valence electrons. The molecule has 0 bridgehead atoms. The molecule has 1 aromatic heterocycles. The number of carbonyl (C=O) groups excluding carboxylic acids is 1. The van der Waals surface area contributed by atoms with E-state index in [1.807, 2.05) is 24.3 Å². The highest BCUT2D eigenvalue weighted by molar-refractivity contribution is 5.92. The fourth-order valence-electron chi connectivity index (χ4n) is 3.97. The Morgan fingerprint density at radius 2 is 1.94 bits per heavy atom. The Balaban J connectivity index is 1.50. The average Bonchev–Trinajstić information content (AvgIpc) is 3.63. The molecule has 2 aromatic carbocycles. The number of nitrogens with zero attached hydrogens (tertiary/aromatic N) is 2. The van der Waals surface area contributed by atoms with Crippen molar-refractivity contribution in [2.75, 3.05) is 6.54 Å². The fraction of sp³-hybridized carbons (Fsp3) is 0.269. The van der Waals surface area contributed by atoms with Crippen LogP contribution in [0.4, 0.5) is 8.78 Å². The van der Waals surface area contributed by atoms with Crippen molar-refractivity contribution in [1.29, 1.82) is 0 Å². The van der Waals surface area contributed by atoms with Crippen molar-refractivity contribution in [2.24, 2.45) is 0 Å². The van der Waals surface area contributed by atoms with Gasteiger partial charge in [0.25, 0.3) is 5.91 Å². The molecule has 3 N–H and O–H groups in total. The number of aromatic nitrogens is 2. The molecule has 1 saturated carbocycles. The maximum absolute atomic E-state index is 13.7. The van der Waals surface area contributed by atoms with Gasteiger partial charge in [0.15, 0.2) is 0 Å². The quantitative estimate of drug-likeness (QED) is 0.426. The topological polar surface area (TPSA) is 87.1 Å². The second-order valence-electron chi connectivity index (χ2n) is 8.41. The number of amides is 1. The van der Waals surface area contributed by atoms with Crippen molar-refractivity contribution >= 4 is 5.91 Å². The van der Waals surface area contributed by atoms with E-state index in [9.17, 15) is 18.7 Å². The number of carbonyl (C=O) groups is 1. The average molecular weight is 463 g/mol. The van der Waals surface area contributed by atoms with Crippen molar-refractivity contribution in [3.05, 3.63) is 95.1 Å². The summed E-state index contributed by atoms with van der Waals surface area (Å²) >= 11 is 0. The first-order chi connectivity index (χ1) is 16.4. The number of hydrogen-bond acceptors (Lipinski definition) is 5. The zero-order valence-corrected chi connectivity index (χ0v) is 18.3. The molecule has 1 fully saturated rings. The molecule has 1 aliphatic rings. The molecule has 4 rings (SSSR count). The minimum absolute atomic E-state index is 0.0218. The van der Waals surface area contributed by atoms with Gasteiger partial charge in [-0.25, -0.2) is 18.7 Å². The number of halogens is 2. The summed E-state index contributed by atoms with van der Waals surface area (Å²) in [5.74, 6) is 0.650. The molecular weight excluding hydrogens is 438 g/mol. The van der Waals surface area contributed by atoms with Gasteiger partial charge in [0.1, 0.15) is 23.7 Å². The van der Waals surface area contributed by atoms with Crippen LogP contribution >= 0.6 is 0 Å². The molecule has 0 unspecified atom stereocenters. The second kappa shape index (κ2) is 10.1. The maximum Gasteiger partial charge on any atom is 0.270 e. The number of aliphatic hydroxyl groups is 1. The zero-order chi connectivity index (χ0) is 24.1. The summed E-state index contributed by atoms with van der Waals surface area (Å²) in [5, 5.41) is 17.2. The summed E-state index contributed by atoms with van der Waals surface area (Å²) in [5.41, 5.74) is 1.93. The highest BCUT2D eigenvalue weighted by Gasteiger charge is 2.44. The Kier molecular flexibility index (Phi) is 6.96. The van der Waals surface area contributed by atoms with E-state index in [0.717, 1.165) is 30.0 Å². The van der Waals surface area contributed by atoms with Crippen molar-refractivity contribution in [3.8, 4) is 12.3 Å². The molecule has 1 heterocycles. The summed E-state index contributed by atoms with van der Waals surface area (Å²) in [6.07, 6.45) is 8.91. The summed E-state index contributed by atoms with van der Waals surface area (Å²) in [4.78, 5) is 20.4.